The van der Waals surface area contributed by atoms with Gasteiger partial charge in [-0.1, -0.05) is 26.8 Å². The Labute approximate surface area is 191 Å². The number of esters is 1. The summed E-state index contributed by atoms with van der Waals surface area (Å²) in [5.74, 6) is -2.32. The van der Waals surface area contributed by atoms with Crippen molar-refractivity contribution in [1.29, 1.82) is 0 Å². The number of alkyl halides is 1. The number of ketones is 2. The average molecular weight is 464 g/mol. The van der Waals surface area contributed by atoms with Gasteiger partial charge < -0.3 is 9.57 Å². The molecule has 0 radical (unpaired) electrons. The Morgan fingerprint density at radius 3 is 2.64 bits per heavy atom. The predicted molar refractivity (Wildman–Crippen MR) is 114 cm³/mol. The number of hydrogen-bond acceptors (Lipinski definition) is 7. The molecule has 0 aromatic heterocycles. The Bertz CT molecular complexity index is 960. The maximum Gasteiger partial charge on any atom is 0.303 e. The second-order valence-electron chi connectivity index (χ2n) is 10.6. The van der Waals surface area contributed by atoms with Gasteiger partial charge in [-0.3, -0.25) is 14.4 Å². The molecule has 3 saturated carbocycles. The zero-order chi connectivity index (χ0) is 24.3. The van der Waals surface area contributed by atoms with Gasteiger partial charge in [0.1, 0.15) is 18.9 Å². The van der Waals surface area contributed by atoms with E-state index in [0.717, 1.165) is 0 Å². The van der Waals surface area contributed by atoms with Crippen LogP contribution in [-0.4, -0.2) is 41.5 Å². The molecule has 0 unspecified atom stereocenters. The zero-order valence-electron chi connectivity index (χ0n) is 19.3. The Hall–Kier alpha value is -2.58. The highest BCUT2D eigenvalue weighted by Gasteiger charge is 2.66. The van der Waals surface area contributed by atoms with Crippen LogP contribution in [0.3, 0.4) is 0 Å². The van der Waals surface area contributed by atoms with E-state index in [0.29, 0.717) is 12.0 Å². The van der Waals surface area contributed by atoms with Crippen molar-refractivity contribution in [1.82, 2.24) is 0 Å². The van der Waals surface area contributed by atoms with E-state index in [9.17, 15) is 24.5 Å². The molecule has 0 amide bonds. The van der Waals surface area contributed by atoms with Crippen molar-refractivity contribution in [3.63, 3.8) is 0 Å². The van der Waals surface area contributed by atoms with E-state index in [1.807, 2.05) is 20.8 Å². The Morgan fingerprint density at radius 1 is 1.30 bits per heavy atom. The molecular weight excluding hydrogens is 433 g/mol. The normalized spacial score (nSPS) is 43.6. The average Bonchev–Trinajstić information content (AvgIpc) is 2.97. The summed E-state index contributed by atoms with van der Waals surface area (Å²) >= 11 is 0. The standard InChI is InChI=1S/C24H30FNO7/c1-12-7-16-15-9-18(25)17-8-14(28)5-6-23(17,3)22(15)20(33-26(30)31)10-24(16,4)21(12)19(29)11-32-13(2)27/h5-6,8,12,15-16,18,20-22H,7,9-11H2,1-4H3/t12-,15+,16+,18+,20+,21-,22-,23+,24+/m1/s1. The first-order valence-electron chi connectivity index (χ1n) is 11.4. The number of Topliss-reactive ketones (excluding diaryl/α,β-unsaturated/α-hetero) is 1. The molecule has 33 heavy (non-hydrogen) atoms. The third-order valence-corrected chi connectivity index (χ3v) is 8.78. The minimum Gasteiger partial charge on any atom is -0.458 e. The van der Waals surface area contributed by atoms with Crippen LogP contribution in [0, 0.1) is 50.5 Å². The van der Waals surface area contributed by atoms with Crippen molar-refractivity contribution >= 4 is 17.5 Å². The van der Waals surface area contributed by atoms with Gasteiger partial charge in [0.15, 0.2) is 11.6 Å². The Morgan fingerprint density at radius 2 is 2.00 bits per heavy atom. The lowest BCUT2D eigenvalue weighted by Gasteiger charge is -2.59. The minimum absolute atomic E-state index is 0.0515. The number of allylic oxidation sites excluding steroid dienone is 4. The van der Waals surface area contributed by atoms with Gasteiger partial charge in [-0.05, 0) is 60.2 Å². The monoisotopic (exact) mass is 463 g/mol. The van der Waals surface area contributed by atoms with Crippen LogP contribution >= 0.6 is 0 Å². The van der Waals surface area contributed by atoms with Gasteiger partial charge in [-0.15, -0.1) is 10.1 Å². The highest BCUT2D eigenvalue weighted by atomic mass is 19.1. The van der Waals surface area contributed by atoms with E-state index in [1.54, 1.807) is 6.08 Å². The summed E-state index contributed by atoms with van der Waals surface area (Å²) in [5, 5.41) is 10.7. The number of carbonyl (C=O) groups excluding carboxylic acids is 3. The molecule has 4 aliphatic carbocycles. The van der Waals surface area contributed by atoms with Crippen molar-refractivity contribution < 1.29 is 33.4 Å². The first-order valence-corrected chi connectivity index (χ1v) is 11.4. The molecule has 9 heteroatoms. The lowest BCUT2D eigenvalue weighted by molar-refractivity contribution is -0.773. The van der Waals surface area contributed by atoms with E-state index in [4.69, 9.17) is 9.57 Å². The lowest BCUT2D eigenvalue weighted by Crippen LogP contribution is -2.59. The van der Waals surface area contributed by atoms with Gasteiger partial charge in [0, 0.05) is 24.2 Å². The van der Waals surface area contributed by atoms with E-state index >= 15 is 4.39 Å². The number of carbonyl (C=O) groups is 3. The van der Waals surface area contributed by atoms with Crippen molar-refractivity contribution in [2.24, 2.45) is 40.4 Å². The van der Waals surface area contributed by atoms with Crippen molar-refractivity contribution in [2.75, 3.05) is 6.61 Å². The molecule has 0 N–H and O–H groups in total. The van der Waals surface area contributed by atoms with E-state index in [-0.39, 0.29) is 48.8 Å². The van der Waals surface area contributed by atoms with Gasteiger partial charge in [0.25, 0.3) is 5.09 Å². The number of fused-ring (bicyclic) bond motifs is 5. The van der Waals surface area contributed by atoms with Crippen LogP contribution in [-0.2, 0) is 24.0 Å². The van der Waals surface area contributed by atoms with Crippen LogP contribution in [0.25, 0.3) is 0 Å². The smallest absolute Gasteiger partial charge is 0.303 e. The lowest BCUT2D eigenvalue weighted by atomic mass is 9.46. The second kappa shape index (κ2) is 8.02. The molecular formula is C24H30FNO7. The predicted octanol–water partition coefficient (Wildman–Crippen LogP) is 3.42. The molecule has 9 atom stereocenters. The molecule has 4 aliphatic rings. The molecule has 0 aromatic rings. The number of ether oxygens (including phenoxy) is 1. The van der Waals surface area contributed by atoms with Crippen LogP contribution in [0.5, 0.6) is 0 Å². The summed E-state index contributed by atoms with van der Waals surface area (Å²) in [5.41, 5.74) is -1.20. The summed E-state index contributed by atoms with van der Waals surface area (Å²) in [6.07, 6.45) is 3.23. The Balaban J connectivity index is 1.76. The van der Waals surface area contributed by atoms with E-state index < -0.39 is 46.0 Å². The maximum absolute atomic E-state index is 15.5. The highest BCUT2D eigenvalue weighted by molar-refractivity contribution is 6.01. The molecule has 4 rings (SSSR count). The first kappa shape index (κ1) is 23.6. The number of halogens is 1. The topological polar surface area (TPSA) is 113 Å². The first-order chi connectivity index (χ1) is 15.4. The number of rotatable bonds is 5. The third kappa shape index (κ3) is 3.69. The van der Waals surface area contributed by atoms with Crippen molar-refractivity contribution in [3.05, 3.63) is 33.9 Å². The minimum atomic E-state index is -1.35. The van der Waals surface area contributed by atoms with Crippen LogP contribution in [0.2, 0.25) is 0 Å². The van der Waals surface area contributed by atoms with Crippen molar-refractivity contribution in [2.45, 2.75) is 59.2 Å². The van der Waals surface area contributed by atoms with Gasteiger partial charge in [-0.2, -0.15) is 0 Å². The van der Waals surface area contributed by atoms with Gasteiger partial charge in [0.2, 0.25) is 0 Å². The summed E-state index contributed by atoms with van der Waals surface area (Å²) in [4.78, 5) is 53.1. The largest absolute Gasteiger partial charge is 0.458 e. The van der Waals surface area contributed by atoms with E-state index in [1.165, 1.54) is 19.1 Å². The summed E-state index contributed by atoms with van der Waals surface area (Å²) in [6.45, 7) is 6.61. The van der Waals surface area contributed by atoms with Gasteiger partial charge >= 0.3 is 5.97 Å². The quantitative estimate of drug-likeness (QED) is 0.349. The van der Waals surface area contributed by atoms with Crippen LogP contribution < -0.4 is 0 Å². The fourth-order valence-electron chi connectivity index (χ4n) is 7.82. The maximum atomic E-state index is 15.5. The molecule has 0 aliphatic heterocycles. The van der Waals surface area contributed by atoms with Crippen LogP contribution in [0.15, 0.2) is 23.8 Å². The summed E-state index contributed by atoms with van der Waals surface area (Å²) < 4.78 is 20.5. The number of hydrogen-bond donors (Lipinski definition) is 0. The van der Waals surface area contributed by atoms with E-state index in [2.05, 4.69) is 0 Å². The molecule has 0 bridgehead atoms. The molecule has 0 aromatic carbocycles. The molecule has 8 nitrogen and oxygen atoms in total. The third-order valence-electron chi connectivity index (χ3n) is 8.78. The second-order valence-corrected chi connectivity index (χ2v) is 10.6. The summed E-state index contributed by atoms with van der Waals surface area (Å²) in [6, 6.07) is 0. The van der Waals surface area contributed by atoms with Gasteiger partial charge in [0.05, 0.1) is 0 Å². The molecule has 0 heterocycles. The molecule has 0 spiro atoms. The SMILES string of the molecule is CC(=O)OCC(=O)[C@H]1[C@H](C)C[C@H]2[C@@H]3C[C@H](F)C4=CC(=O)C=C[C@]4(C)[C@H]3[C@@H](O[N+](=O)[O-])C[C@@]21C. The van der Waals surface area contributed by atoms with Crippen LogP contribution in [0.4, 0.5) is 4.39 Å². The van der Waals surface area contributed by atoms with Gasteiger partial charge in [-0.25, -0.2) is 4.39 Å². The molecule has 0 saturated heterocycles. The fourth-order valence-corrected chi connectivity index (χ4v) is 7.82. The van der Waals surface area contributed by atoms with Crippen LogP contribution in [0.1, 0.15) is 47.0 Å². The fraction of sp³-hybridized carbons (Fsp3) is 0.708. The summed E-state index contributed by atoms with van der Waals surface area (Å²) in [7, 11) is 0. The zero-order valence-corrected chi connectivity index (χ0v) is 19.3. The highest BCUT2D eigenvalue weighted by Crippen LogP contribution is 2.67. The molecule has 180 valence electrons. The Kier molecular flexibility index (Phi) is 5.73. The van der Waals surface area contributed by atoms with Crippen molar-refractivity contribution in [3.8, 4) is 0 Å². The number of nitrogens with zero attached hydrogens (tertiary/aromatic N) is 1. The molecule has 3 fully saturated rings.